The van der Waals surface area contributed by atoms with Gasteiger partial charge in [0, 0.05) is 31.5 Å². The van der Waals surface area contributed by atoms with Gasteiger partial charge in [-0.25, -0.2) is 4.98 Å². The second-order valence-electron chi connectivity index (χ2n) is 4.60. The number of ether oxygens (including phenoxy) is 1. The molecule has 1 unspecified atom stereocenters. The van der Waals surface area contributed by atoms with Crippen molar-refractivity contribution in [3.8, 4) is 0 Å². The average molecular weight is 255 g/mol. The molecule has 0 radical (unpaired) electrons. The molecule has 4 nitrogen and oxygen atoms in total. The highest BCUT2D eigenvalue weighted by molar-refractivity contribution is 7.09. The number of hydrogen-bond acceptors (Lipinski definition) is 5. The van der Waals surface area contributed by atoms with Crippen molar-refractivity contribution in [1.82, 2.24) is 9.88 Å². The Morgan fingerprint density at radius 3 is 3.24 bits per heavy atom. The van der Waals surface area contributed by atoms with Gasteiger partial charge in [-0.15, -0.1) is 11.3 Å². The van der Waals surface area contributed by atoms with E-state index in [1.54, 1.807) is 11.3 Å². The van der Waals surface area contributed by atoms with Gasteiger partial charge in [-0.2, -0.15) is 0 Å². The standard InChI is InChI=1S/C12H21N3OS/c1-15(8-11-3-2-6-16-11)7-10-9-17-12(14-10)4-5-13/h9,11H,2-8,13H2,1H3. The molecule has 2 heterocycles. The molecule has 0 spiro atoms. The van der Waals surface area contributed by atoms with Crippen LogP contribution in [0.2, 0.25) is 0 Å². The molecule has 1 fully saturated rings. The molecule has 2 rings (SSSR count). The summed E-state index contributed by atoms with van der Waals surface area (Å²) in [6.45, 7) is 3.51. The summed E-state index contributed by atoms with van der Waals surface area (Å²) in [7, 11) is 2.13. The molecule has 1 saturated heterocycles. The minimum absolute atomic E-state index is 0.419. The smallest absolute Gasteiger partial charge is 0.0941 e. The zero-order chi connectivity index (χ0) is 12.1. The van der Waals surface area contributed by atoms with Crippen molar-refractivity contribution in [2.45, 2.75) is 31.9 Å². The molecular formula is C12H21N3OS. The Labute approximate surface area is 107 Å². The molecule has 0 bridgehead atoms. The summed E-state index contributed by atoms with van der Waals surface area (Å²) >= 11 is 1.71. The van der Waals surface area contributed by atoms with Crippen molar-refractivity contribution in [3.05, 3.63) is 16.1 Å². The molecule has 1 aromatic rings. The van der Waals surface area contributed by atoms with E-state index in [0.717, 1.165) is 36.8 Å². The number of nitrogens with two attached hydrogens (primary N) is 1. The fourth-order valence-electron chi connectivity index (χ4n) is 2.14. The molecule has 0 saturated carbocycles. The average Bonchev–Trinajstić information content (AvgIpc) is 2.91. The first-order valence-corrected chi connectivity index (χ1v) is 7.09. The van der Waals surface area contributed by atoms with E-state index in [1.807, 2.05) is 0 Å². The van der Waals surface area contributed by atoms with Crippen LogP contribution in [0.5, 0.6) is 0 Å². The Bertz CT molecular complexity index is 336. The van der Waals surface area contributed by atoms with Crippen LogP contribution >= 0.6 is 11.3 Å². The fourth-order valence-corrected chi connectivity index (χ4v) is 2.94. The molecular weight excluding hydrogens is 234 g/mol. The third-order valence-corrected chi connectivity index (χ3v) is 3.89. The SMILES string of the molecule is CN(Cc1csc(CCN)n1)CC1CCCO1. The summed E-state index contributed by atoms with van der Waals surface area (Å²) in [4.78, 5) is 6.86. The summed E-state index contributed by atoms with van der Waals surface area (Å²) in [5.74, 6) is 0. The highest BCUT2D eigenvalue weighted by Crippen LogP contribution is 2.15. The summed E-state index contributed by atoms with van der Waals surface area (Å²) < 4.78 is 5.63. The van der Waals surface area contributed by atoms with Crippen molar-refractivity contribution in [2.75, 3.05) is 26.7 Å². The lowest BCUT2D eigenvalue weighted by atomic mass is 10.2. The van der Waals surface area contributed by atoms with E-state index in [9.17, 15) is 0 Å². The summed E-state index contributed by atoms with van der Waals surface area (Å²) in [5, 5.41) is 3.28. The maximum atomic E-state index is 5.63. The Hall–Kier alpha value is -0.490. The minimum Gasteiger partial charge on any atom is -0.377 e. The number of likely N-dealkylation sites (N-methyl/N-ethyl adjacent to an activating group) is 1. The van der Waals surface area contributed by atoms with Crippen molar-refractivity contribution < 1.29 is 4.74 Å². The summed E-state index contributed by atoms with van der Waals surface area (Å²) in [5.41, 5.74) is 6.67. The maximum absolute atomic E-state index is 5.63. The number of hydrogen-bond donors (Lipinski definition) is 1. The molecule has 1 aliphatic rings. The lowest BCUT2D eigenvalue weighted by Gasteiger charge is -2.19. The van der Waals surface area contributed by atoms with Crippen LogP contribution in [-0.4, -0.2) is 42.7 Å². The van der Waals surface area contributed by atoms with E-state index in [-0.39, 0.29) is 0 Å². The Kier molecular flexibility index (Phi) is 4.91. The second kappa shape index (κ2) is 6.44. The number of nitrogens with zero attached hydrogens (tertiary/aromatic N) is 2. The van der Waals surface area contributed by atoms with Crippen LogP contribution in [0.15, 0.2) is 5.38 Å². The molecule has 5 heteroatoms. The van der Waals surface area contributed by atoms with E-state index in [0.29, 0.717) is 12.6 Å². The van der Waals surface area contributed by atoms with Crippen molar-refractivity contribution in [2.24, 2.45) is 5.73 Å². The molecule has 96 valence electrons. The van der Waals surface area contributed by atoms with Crippen LogP contribution in [0.25, 0.3) is 0 Å². The van der Waals surface area contributed by atoms with Gasteiger partial charge in [0.15, 0.2) is 0 Å². The van der Waals surface area contributed by atoms with Gasteiger partial charge in [0.25, 0.3) is 0 Å². The third kappa shape index (κ3) is 4.03. The molecule has 1 aromatic heterocycles. The van der Waals surface area contributed by atoms with Gasteiger partial charge in [0.2, 0.25) is 0 Å². The Balaban J connectivity index is 1.78. The molecule has 0 aromatic carbocycles. The molecule has 17 heavy (non-hydrogen) atoms. The van der Waals surface area contributed by atoms with Gasteiger partial charge in [0.1, 0.15) is 0 Å². The van der Waals surface area contributed by atoms with Gasteiger partial charge in [-0.1, -0.05) is 0 Å². The zero-order valence-electron chi connectivity index (χ0n) is 10.4. The molecule has 1 aliphatic heterocycles. The van der Waals surface area contributed by atoms with Crippen LogP contribution in [0.3, 0.4) is 0 Å². The Morgan fingerprint density at radius 1 is 1.65 bits per heavy atom. The van der Waals surface area contributed by atoms with Crippen LogP contribution in [-0.2, 0) is 17.7 Å². The lowest BCUT2D eigenvalue weighted by molar-refractivity contribution is 0.0790. The van der Waals surface area contributed by atoms with Gasteiger partial charge in [-0.05, 0) is 26.4 Å². The van der Waals surface area contributed by atoms with Crippen LogP contribution < -0.4 is 5.73 Å². The maximum Gasteiger partial charge on any atom is 0.0941 e. The second-order valence-corrected chi connectivity index (χ2v) is 5.55. The van der Waals surface area contributed by atoms with Crippen LogP contribution in [0, 0.1) is 0 Å². The molecule has 0 aliphatic carbocycles. The van der Waals surface area contributed by atoms with E-state index >= 15 is 0 Å². The largest absolute Gasteiger partial charge is 0.377 e. The van der Waals surface area contributed by atoms with Crippen molar-refractivity contribution >= 4 is 11.3 Å². The van der Waals surface area contributed by atoms with Crippen molar-refractivity contribution in [3.63, 3.8) is 0 Å². The van der Waals surface area contributed by atoms with E-state index in [2.05, 4.69) is 22.3 Å². The molecule has 1 atom stereocenters. The zero-order valence-corrected chi connectivity index (χ0v) is 11.2. The normalized spacial score (nSPS) is 20.3. The fraction of sp³-hybridized carbons (Fsp3) is 0.750. The highest BCUT2D eigenvalue weighted by atomic mass is 32.1. The summed E-state index contributed by atoms with van der Waals surface area (Å²) in [6, 6.07) is 0. The summed E-state index contributed by atoms with van der Waals surface area (Å²) in [6.07, 6.45) is 3.71. The quantitative estimate of drug-likeness (QED) is 0.831. The van der Waals surface area contributed by atoms with Crippen molar-refractivity contribution in [1.29, 1.82) is 0 Å². The molecule has 2 N–H and O–H groups in total. The number of aromatic nitrogens is 1. The van der Waals surface area contributed by atoms with E-state index < -0.39 is 0 Å². The van der Waals surface area contributed by atoms with Gasteiger partial charge >= 0.3 is 0 Å². The van der Waals surface area contributed by atoms with Gasteiger partial charge in [0.05, 0.1) is 16.8 Å². The third-order valence-electron chi connectivity index (χ3n) is 2.93. The first-order valence-electron chi connectivity index (χ1n) is 6.21. The first kappa shape index (κ1) is 13.0. The topological polar surface area (TPSA) is 51.4 Å². The predicted octanol–water partition coefficient (Wildman–Crippen LogP) is 1.26. The van der Waals surface area contributed by atoms with E-state index in [1.165, 1.54) is 12.8 Å². The highest BCUT2D eigenvalue weighted by Gasteiger charge is 2.17. The number of rotatable bonds is 6. The van der Waals surface area contributed by atoms with E-state index in [4.69, 9.17) is 10.5 Å². The van der Waals surface area contributed by atoms with Crippen LogP contribution in [0.1, 0.15) is 23.5 Å². The molecule has 0 amide bonds. The van der Waals surface area contributed by atoms with Gasteiger partial charge < -0.3 is 10.5 Å². The lowest BCUT2D eigenvalue weighted by Crippen LogP contribution is -2.28. The minimum atomic E-state index is 0.419. The van der Waals surface area contributed by atoms with Crippen LogP contribution in [0.4, 0.5) is 0 Å². The monoisotopic (exact) mass is 255 g/mol. The Morgan fingerprint density at radius 2 is 2.53 bits per heavy atom. The predicted molar refractivity (Wildman–Crippen MR) is 70.2 cm³/mol. The number of thiazole rings is 1. The first-order chi connectivity index (χ1) is 8.28. The van der Waals surface area contributed by atoms with Gasteiger partial charge in [-0.3, -0.25) is 4.90 Å².